The predicted molar refractivity (Wildman–Crippen MR) is 100 cm³/mol. The van der Waals surface area contributed by atoms with E-state index >= 15 is 0 Å². The van der Waals surface area contributed by atoms with Crippen molar-refractivity contribution < 1.29 is 13.9 Å². The Labute approximate surface area is 159 Å². The Balaban J connectivity index is 1.60. The van der Waals surface area contributed by atoms with Gasteiger partial charge in [-0.15, -0.1) is 0 Å². The second-order valence-electron chi connectivity index (χ2n) is 6.53. The molecule has 0 bridgehead atoms. The summed E-state index contributed by atoms with van der Waals surface area (Å²) in [5, 5.41) is 21.8. The normalized spacial score (nSPS) is 12.4. The maximum Gasteiger partial charge on any atom is 0.153 e. The zero-order chi connectivity index (χ0) is 19.7. The number of aromatic nitrogens is 5. The van der Waals surface area contributed by atoms with Gasteiger partial charge < -0.3 is 10.4 Å². The summed E-state index contributed by atoms with van der Waals surface area (Å²) >= 11 is 0. The van der Waals surface area contributed by atoms with Gasteiger partial charge in [0.25, 0.3) is 0 Å². The smallest absolute Gasteiger partial charge is 0.153 e. The van der Waals surface area contributed by atoms with Crippen LogP contribution in [0.2, 0.25) is 0 Å². The number of fused-ring (bicyclic) bond motifs is 1. The average Bonchev–Trinajstić information content (AvgIpc) is 3.24. The van der Waals surface area contributed by atoms with Gasteiger partial charge in [0.05, 0.1) is 30.9 Å². The van der Waals surface area contributed by atoms with Crippen molar-refractivity contribution in [2.45, 2.75) is 26.1 Å². The molecule has 0 radical (unpaired) electrons. The van der Waals surface area contributed by atoms with E-state index in [1.807, 2.05) is 0 Å². The van der Waals surface area contributed by atoms with Crippen LogP contribution in [0, 0.1) is 11.6 Å². The van der Waals surface area contributed by atoms with E-state index in [1.165, 1.54) is 22.9 Å². The van der Waals surface area contributed by atoms with Crippen molar-refractivity contribution in [3.05, 3.63) is 66.1 Å². The van der Waals surface area contributed by atoms with Gasteiger partial charge in [-0.25, -0.2) is 13.8 Å². The number of nitrogens with zero attached hydrogens (tertiary/aromatic N) is 5. The van der Waals surface area contributed by atoms with Gasteiger partial charge in [0.2, 0.25) is 0 Å². The maximum atomic E-state index is 14.0. The number of nitrogens with one attached hydrogen (secondary N) is 1. The Morgan fingerprint density at radius 1 is 1.14 bits per heavy atom. The fraction of sp³-hybridized carbons (Fsp3) is 0.211. The van der Waals surface area contributed by atoms with Crippen LogP contribution in [0.25, 0.3) is 10.9 Å². The van der Waals surface area contributed by atoms with Crippen molar-refractivity contribution >= 4 is 22.5 Å². The van der Waals surface area contributed by atoms with Crippen LogP contribution in [0.3, 0.4) is 0 Å². The van der Waals surface area contributed by atoms with Crippen LogP contribution < -0.4 is 5.32 Å². The molecule has 0 fully saturated rings. The van der Waals surface area contributed by atoms with Crippen LogP contribution >= 0.6 is 0 Å². The molecule has 9 heteroatoms. The quantitative estimate of drug-likeness (QED) is 0.534. The van der Waals surface area contributed by atoms with Crippen molar-refractivity contribution in [2.75, 3.05) is 5.32 Å². The summed E-state index contributed by atoms with van der Waals surface area (Å²) in [7, 11) is 0. The molecule has 1 unspecified atom stereocenters. The molecule has 28 heavy (non-hydrogen) atoms. The zero-order valence-electron chi connectivity index (χ0n) is 15.0. The standard InChI is InChI=1S/C19H18F2N6O/c1-12(28)10-26-6-5-18(25-26)24-19-7-17-13(8-22-19)9-23-27(17)11-14-15(20)3-2-4-16(14)21/h2-9,12,28H,10-11H2,1H3,(H,22,24,25). The van der Waals surface area contributed by atoms with E-state index in [0.717, 1.165) is 5.39 Å². The molecule has 7 nitrogen and oxygen atoms in total. The molecule has 1 aromatic carbocycles. The molecule has 0 saturated carbocycles. The summed E-state index contributed by atoms with van der Waals surface area (Å²) in [6.45, 7) is 2.04. The van der Waals surface area contributed by atoms with Crippen molar-refractivity contribution in [3.63, 3.8) is 0 Å². The molecule has 4 rings (SSSR count). The summed E-state index contributed by atoms with van der Waals surface area (Å²) in [6, 6.07) is 7.29. The van der Waals surface area contributed by atoms with Crippen LogP contribution in [-0.4, -0.2) is 35.8 Å². The fourth-order valence-electron chi connectivity index (χ4n) is 2.93. The van der Waals surface area contributed by atoms with Crippen LogP contribution in [0.1, 0.15) is 12.5 Å². The predicted octanol–water partition coefficient (Wildman–Crippen LogP) is 3.08. The van der Waals surface area contributed by atoms with Gasteiger partial charge in [0.1, 0.15) is 17.5 Å². The number of halogens is 2. The van der Waals surface area contributed by atoms with Crippen LogP contribution in [0.15, 0.2) is 48.9 Å². The van der Waals surface area contributed by atoms with Gasteiger partial charge >= 0.3 is 0 Å². The van der Waals surface area contributed by atoms with Gasteiger partial charge in [-0.2, -0.15) is 10.2 Å². The SMILES string of the molecule is CC(O)Cn1ccc(Nc2cc3c(cn2)cnn3Cc2c(F)cccc2F)n1. The molecule has 0 saturated heterocycles. The van der Waals surface area contributed by atoms with E-state index in [-0.39, 0.29) is 12.1 Å². The number of rotatable bonds is 6. The van der Waals surface area contributed by atoms with E-state index in [1.54, 1.807) is 42.3 Å². The highest BCUT2D eigenvalue weighted by molar-refractivity contribution is 5.80. The molecule has 4 aromatic rings. The average molecular weight is 384 g/mol. The number of aliphatic hydroxyl groups is 1. The first-order valence-corrected chi connectivity index (χ1v) is 8.72. The lowest BCUT2D eigenvalue weighted by Crippen LogP contribution is -2.12. The molecule has 0 aliphatic carbocycles. The molecular formula is C19H18F2N6O. The number of hydrogen-bond donors (Lipinski definition) is 2. The minimum atomic E-state index is -0.611. The molecule has 3 aromatic heterocycles. The first-order valence-electron chi connectivity index (χ1n) is 8.72. The lowest BCUT2D eigenvalue weighted by molar-refractivity contribution is 0.168. The molecule has 3 heterocycles. The number of pyridine rings is 1. The van der Waals surface area contributed by atoms with E-state index in [9.17, 15) is 13.9 Å². The van der Waals surface area contributed by atoms with Gasteiger partial charge in [0, 0.05) is 35.5 Å². The second kappa shape index (κ2) is 7.35. The van der Waals surface area contributed by atoms with E-state index in [0.29, 0.717) is 23.7 Å². The lowest BCUT2D eigenvalue weighted by atomic mass is 10.2. The Morgan fingerprint density at radius 3 is 2.68 bits per heavy atom. The zero-order valence-corrected chi connectivity index (χ0v) is 15.0. The highest BCUT2D eigenvalue weighted by Crippen LogP contribution is 2.21. The summed E-state index contributed by atoms with van der Waals surface area (Å²) in [5.41, 5.74) is 0.638. The van der Waals surface area contributed by atoms with E-state index < -0.39 is 17.7 Å². The molecule has 0 amide bonds. The summed E-state index contributed by atoms with van der Waals surface area (Å²) in [5.74, 6) is -0.135. The Morgan fingerprint density at radius 2 is 1.93 bits per heavy atom. The van der Waals surface area contributed by atoms with Crippen molar-refractivity contribution in [3.8, 4) is 0 Å². The topological polar surface area (TPSA) is 80.8 Å². The van der Waals surface area contributed by atoms with Crippen LogP contribution in [-0.2, 0) is 13.1 Å². The highest BCUT2D eigenvalue weighted by Gasteiger charge is 2.12. The third-order valence-corrected chi connectivity index (χ3v) is 4.24. The first kappa shape index (κ1) is 18.1. The van der Waals surface area contributed by atoms with E-state index in [2.05, 4.69) is 20.5 Å². The fourth-order valence-corrected chi connectivity index (χ4v) is 2.93. The van der Waals surface area contributed by atoms with Crippen molar-refractivity contribution in [1.29, 1.82) is 0 Å². The summed E-state index contributed by atoms with van der Waals surface area (Å²) in [4.78, 5) is 4.32. The number of benzene rings is 1. The molecule has 0 aliphatic rings. The van der Waals surface area contributed by atoms with Crippen molar-refractivity contribution in [2.24, 2.45) is 0 Å². The summed E-state index contributed by atoms with van der Waals surface area (Å²) in [6.07, 6.45) is 4.47. The molecule has 2 N–H and O–H groups in total. The number of anilines is 2. The third-order valence-electron chi connectivity index (χ3n) is 4.24. The van der Waals surface area contributed by atoms with Gasteiger partial charge in [0.15, 0.2) is 5.82 Å². The Bertz CT molecular complexity index is 1100. The molecule has 144 valence electrons. The minimum Gasteiger partial charge on any atom is -0.391 e. The molecule has 1 atom stereocenters. The first-order chi connectivity index (χ1) is 13.5. The highest BCUT2D eigenvalue weighted by atomic mass is 19.1. The summed E-state index contributed by atoms with van der Waals surface area (Å²) < 4.78 is 31.1. The van der Waals surface area contributed by atoms with E-state index in [4.69, 9.17) is 0 Å². The number of hydrogen-bond acceptors (Lipinski definition) is 5. The minimum absolute atomic E-state index is 0.0333. The molecule has 0 spiro atoms. The lowest BCUT2D eigenvalue weighted by Gasteiger charge is -2.08. The maximum absolute atomic E-state index is 14.0. The molecule has 0 aliphatic heterocycles. The van der Waals surface area contributed by atoms with Crippen LogP contribution in [0.5, 0.6) is 0 Å². The monoisotopic (exact) mass is 384 g/mol. The Kier molecular flexibility index (Phi) is 4.74. The van der Waals surface area contributed by atoms with Gasteiger partial charge in [-0.1, -0.05) is 6.07 Å². The second-order valence-corrected chi connectivity index (χ2v) is 6.53. The van der Waals surface area contributed by atoms with Gasteiger partial charge in [-0.3, -0.25) is 9.36 Å². The van der Waals surface area contributed by atoms with Crippen LogP contribution in [0.4, 0.5) is 20.4 Å². The number of aliphatic hydroxyl groups excluding tert-OH is 1. The van der Waals surface area contributed by atoms with Crippen molar-refractivity contribution in [1.82, 2.24) is 24.5 Å². The Hall–Kier alpha value is -3.33. The molecular weight excluding hydrogens is 366 g/mol. The third kappa shape index (κ3) is 3.70. The largest absolute Gasteiger partial charge is 0.391 e. The van der Waals surface area contributed by atoms with Gasteiger partial charge in [-0.05, 0) is 19.1 Å².